The van der Waals surface area contributed by atoms with E-state index in [1.807, 2.05) is 0 Å². The van der Waals surface area contributed by atoms with Crippen LogP contribution < -0.4 is 11.3 Å². The third-order valence-electron chi connectivity index (χ3n) is 8.20. The molecule has 0 aliphatic carbocycles. The fourth-order valence-corrected chi connectivity index (χ4v) is 5.54. The summed E-state index contributed by atoms with van der Waals surface area (Å²) in [6.07, 6.45) is 30.4. The quantitative estimate of drug-likeness (QED) is 0.124. The van der Waals surface area contributed by atoms with Crippen LogP contribution in [0.25, 0.3) is 0 Å². The maximum absolute atomic E-state index is 12.2. The van der Waals surface area contributed by atoms with Gasteiger partial charge in [0.2, 0.25) is 0 Å². The molecule has 206 valence electrons. The van der Waals surface area contributed by atoms with E-state index in [1.165, 1.54) is 128 Å². The summed E-state index contributed by atoms with van der Waals surface area (Å²) in [7, 11) is 0. The summed E-state index contributed by atoms with van der Waals surface area (Å²) in [4.78, 5) is 12.2. The molecule has 0 saturated carbocycles. The molecule has 0 bridgehead atoms. The first-order chi connectivity index (χ1) is 16.0. The number of hydrogen-bond donors (Lipinski definition) is 1. The minimum absolute atomic E-state index is 0. The van der Waals surface area contributed by atoms with Crippen LogP contribution in [0.1, 0.15) is 182 Å². The van der Waals surface area contributed by atoms with E-state index < -0.39 is 11.4 Å². The van der Waals surface area contributed by atoms with Crippen LogP contribution in [0.3, 0.4) is 0 Å². The second-order valence-corrected chi connectivity index (χ2v) is 11.0. The number of carboxylic acid groups (broad SMARTS) is 1. The van der Waals surface area contributed by atoms with Gasteiger partial charge in [0.15, 0.2) is 0 Å². The molecule has 0 rings (SSSR count). The zero-order valence-electron chi connectivity index (χ0n) is 24.4. The molecule has 0 heterocycles. The largest absolute Gasteiger partial charge is 0.550 e. The SMILES string of the molecule is CCCCCCCCCCCCCCCC(C)C(CC)(CCCCCCCCCC)C(=O)[O-].[NH4+]. The number of unbranched alkanes of at least 4 members (excludes halogenated alkanes) is 19. The van der Waals surface area contributed by atoms with Crippen molar-refractivity contribution in [2.24, 2.45) is 11.3 Å². The molecule has 0 amide bonds. The third kappa shape index (κ3) is 17.8. The molecule has 0 aliphatic heterocycles. The smallest absolute Gasteiger partial charge is 0.0478 e. The highest BCUT2D eigenvalue weighted by Gasteiger charge is 2.35. The molecule has 2 atom stereocenters. The first-order valence-electron chi connectivity index (χ1n) is 15.3. The predicted octanol–water partition coefficient (Wildman–Crippen LogP) is 10.2. The van der Waals surface area contributed by atoms with E-state index >= 15 is 0 Å². The lowest BCUT2D eigenvalue weighted by atomic mass is 9.69. The Balaban J connectivity index is 0. The number of hydrogen-bond acceptors (Lipinski definition) is 2. The van der Waals surface area contributed by atoms with Crippen LogP contribution in [0.4, 0.5) is 0 Å². The molecule has 0 aliphatic rings. The molecular weight excluding hydrogens is 418 g/mol. The van der Waals surface area contributed by atoms with Crippen molar-refractivity contribution in [3.05, 3.63) is 0 Å². The molecule has 0 saturated heterocycles. The Bertz CT molecular complexity index is 426. The predicted molar refractivity (Wildman–Crippen MR) is 150 cm³/mol. The van der Waals surface area contributed by atoms with E-state index in [0.29, 0.717) is 6.42 Å². The molecule has 2 unspecified atom stereocenters. The van der Waals surface area contributed by atoms with Crippen molar-refractivity contribution in [3.8, 4) is 0 Å². The van der Waals surface area contributed by atoms with Gasteiger partial charge in [-0.25, -0.2) is 0 Å². The van der Waals surface area contributed by atoms with E-state index in [2.05, 4.69) is 27.7 Å². The minimum atomic E-state index is -0.796. The van der Waals surface area contributed by atoms with Crippen LogP contribution in [-0.2, 0) is 4.79 Å². The number of aliphatic carboxylic acids is 1. The first-order valence-corrected chi connectivity index (χ1v) is 15.3. The summed E-state index contributed by atoms with van der Waals surface area (Å²) in [5, 5.41) is 12.2. The summed E-state index contributed by atoms with van der Waals surface area (Å²) < 4.78 is 0. The van der Waals surface area contributed by atoms with Crippen molar-refractivity contribution in [2.75, 3.05) is 0 Å². The second kappa shape index (κ2) is 25.5. The number of carboxylic acids is 1. The summed E-state index contributed by atoms with van der Waals surface area (Å²) in [6, 6.07) is 0. The van der Waals surface area contributed by atoms with Gasteiger partial charge in [-0.15, -0.1) is 0 Å². The van der Waals surface area contributed by atoms with E-state index in [1.54, 1.807) is 0 Å². The standard InChI is InChI=1S/C31H62O2.H3N/c1-5-8-10-12-14-16-17-18-19-20-21-23-25-27-29(4)31(7-3,30(32)33)28-26-24-22-15-13-11-9-6-2;/h29H,5-28H2,1-4H3,(H,32,33);1H3. The molecule has 0 aromatic heterocycles. The highest BCUT2D eigenvalue weighted by atomic mass is 16.4. The zero-order chi connectivity index (χ0) is 24.6. The van der Waals surface area contributed by atoms with Crippen LogP contribution in [0.15, 0.2) is 0 Å². The Hall–Kier alpha value is -0.570. The lowest BCUT2D eigenvalue weighted by Gasteiger charge is -2.40. The molecule has 4 N–H and O–H groups in total. The monoisotopic (exact) mass is 484 g/mol. The number of rotatable bonds is 26. The van der Waals surface area contributed by atoms with Gasteiger partial charge >= 0.3 is 0 Å². The fourth-order valence-electron chi connectivity index (χ4n) is 5.54. The minimum Gasteiger partial charge on any atom is -0.550 e. The molecule has 34 heavy (non-hydrogen) atoms. The van der Waals surface area contributed by atoms with Gasteiger partial charge in [-0.05, 0) is 25.2 Å². The van der Waals surface area contributed by atoms with Crippen molar-refractivity contribution in [1.29, 1.82) is 0 Å². The molecule has 3 nitrogen and oxygen atoms in total. The van der Waals surface area contributed by atoms with Gasteiger partial charge in [0.1, 0.15) is 0 Å². The molecule has 0 radical (unpaired) electrons. The van der Waals surface area contributed by atoms with Crippen molar-refractivity contribution in [3.63, 3.8) is 0 Å². The summed E-state index contributed by atoms with van der Waals surface area (Å²) in [5.41, 5.74) is -0.612. The Labute approximate surface area is 215 Å². The van der Waals surface area contributed by atoms with Gasteiger partial charge in [-0.2, -0.15) is 0 Å². The molecular formula is C31H65NO2. The van der Waals surface area contributed by atoms with Gasteiger partial charge in [-0.1, -0.05) is 163 Å². The fraction of sp³-hybridized carbons (Fsp3) is 0.968. The molecule has 0 aromatic rings. The summed E-state index contributed by atoms with van der Waals surface area (Å²) in [5.74, 6) is -0.570. The zero-order valence-corrected chi connectivity index (χ0v) is 24.4. The van der Waals surface area contributed by atoms with Crippen molar-refractivity contribution in [1.82, 2.24) is 6.15 Å². The lowest BCUT2D eigenvalue weighted by molar-refractivity contribution is -0.323. The maximum atomic E-state index is 12.2. The molecule has 0 aromatic carbocycles. The number of quaternary nitrogens is 1. The van der Waals surface area contributed by atoms with Crippen LogP contribution in [0.5, 0.6) is 0 Å². The van der Waals surface area contributed by atoms with Gasteiger partial charge in [0, 0.05) is 11.4 Å². The lowest BCUT2D eigenvalue weighted by Crippen LogP contribution is -2.46. The maximum Gasteiger partial charge on any atom is 0.0478 e. The van der Waals surface area contributed by atoms with Crippen LogP contribution in [0.2, 0.25) is 0 Å². The topological polar surface area (TPSA) is 76.6 Å². The Kier molecular flexibility index (Phi) is 26.7. The van der Waals surface area contributed by atoms with Crippen LogP contribution in [0, 0.1) is 11.3 Å². The van der Waals surface area contributed by atoms with E-state index in [9.17, 15) is 9.90 Å². The Morgan fingerprint density at radius 3 is 1.24 bits per heavy atom. The van der Waals surface area contributed by atoms with Crippen LogP contribution in [-0.4, -0.2) is 5.97 Å². The highest BCUT2D eigenvalue weighted by molar-refractivity contribution is 5.72. The average molecular weight is 484 g/mol. The first kappa shape index (κ1) is 35.6. The van der Waals surface area contributed by atoms with E-state index in [-0.39, 0.29) is 12.1 Å². The van der Waals surface area contributed by atoms with Gasteiger partial charge in [0.25, 0.3) is 0 Å². The molecule has 0 fully saturated rings. The van der Waals surface area contributed by atoms with Gasteiger partial charge in [-0.3, -0.25) is 0 Å². The normalized spacial score (nSPS) is 13.9. The van der Waals surface area contributed by atoms with Gasteiger partial charge in [0.05, 0.1) is 0 Å². The van der Waals surface area contributed by atoms with Crippen molar-refractivity contribution < 1.29 is 9.90 Å². The molecule has 3 heteroatoms. The van der Waals surface area contributed by atoms with Gasteiger partial charge < -0.3 is 16.1 Å². The van der Waals surface area contributed by atoms with E-state index in [4.69, 9.17) is 0 Å². The third-order valence-corrected chi connectivity index (χ3v) is 8.20. The summed E-state index contributed by atoms with van der Waals surface area (Å²) in [6.45, 7) is 8.76. The number of carbonyl (C=O) groups is 1. The number of carbonyl (C=O) groups excluding carboxylic acids is 1. The average Bonchev–Trinajstić information content (AvgIpc) is 2.81. The van der Waals surface area contributed by atoms with Crippen molar-refractivity contribution in [2.45, 2.75) is 182 Å². The highest BCUT2D eigenvalue weighted by Crippen LogP contribution is 2.39. The Morgan fingerprint density at radius 2 is 0.912 bits per heavy atom. The van der Waals surface area contributed by atoms with E-state index in [0.717, 1.165) is 19.3 Å². The summed E-state index contributed by atoms with van der Waals surface area (Å²) >= 11 is 0. The Morgan fingerprint density at radius 1 is 0.588 bits per heavy atom. The van der Waals surface area contributed by atoms with Crippen molar-refractivity contribution >= 4 is 5.97 Å². The second-order valence-electron chi connectivity index (χ2n) is 11.0. The van der Waals surface area contributed by atoms with Crippen LogP contribution >= 0.6 is 0 Å². The molecule has 0 spiro atoms.